The van der Waals surface area contributed by atoms with Crippen LogP contribution in [0.1, 0.15) is 21.5 Å². The van der Waals surface area contributed by atoms with E-state index in [1.54, 1.807) is 17.1 Å². The Morgan fingerprint density at radius 2 is 1.83 bits per heavy atom. The molecule has 0 N–H and O–H groups in total. The normalized spacial score (nSPS) is 15.6. The number of carbonyl (C=O) groups is 1. The minimum absolute atomic E-state index is 0.0142. The number of amides is 1. The van der Waals surface area contributed by atoms with E-state index < -0.39 is 0 Å². The lowest BCUT2D eigenvalue weighted by molar-refractivity contribution is 0.0629. The third-order valence-electron chi connectivity index (χ3n) is 6.72. The first-order chi connectivity index (χ1) is 17.2. The van der Waals surface area contributed by atoms with Crippen LogP contribution in [0, 0.1) is 0 Å². The molecule has 0 aliphatic carbocycles. The molecule has 2 aliphatic heterocycles. The van der Waals surface area contributed by atoms with Crippen molar-refractivity contribution in [3.63, 3.8) is 0 Å². The van der Waals surface area contributed by atoms with E-state index in [1.165, 1.54) is 11.1 Å². The standard InChI is InChI=1S/C28H27N5O2/c34-28(32-14-12-31(13-15-32)19-21-8-9-26-22(17-21)10-16-35-26)25-20-33(24-6-2-1-3-7-24)30-27(25)23-5-4-11-29-18-23/h1-9,11,17-18,20H,10,12-16,19H2. The molecule has 0 radical (unpaired) electrons. The number of benzene rings is 2. The van der Waals surface area contributed by atoms with Gasteiger partial charge in [-0.25, -0.2) is 4.68 Å². The average Bonchev–Trinajstić information content (AvgIpc) is 3.57. The molecule has 2 aromatic carbocycles. The fraction of sp³-hybridized carbons (Fsp3) is 0.250. The molecule has 0 atom stereocenters. The third kappa shape index (κ3) is 4.42. The molecule has 0 bridgehead atoms. The molecular formula is C28H27N5O2. The predicted octanol–water partition coefficient (Wildman–Crippen LogP) is 3.83. The third-order valence-corrected chi connectivity index (χ3v) is 6.72. The Kier molecular flexibility index (Phi) is 5.76. The highest BCUT2D eigenvalue weighted by molar-refractivity contribution is 6.00. The minimum Gasteiger partial charge on any atom is -0.493 e. The number of rotatable bonds is 5. The molecule has 1 saturated heterocycles. The van der Waals surface area contributed by atoms with E-state index in [0.29, 0.717) is 24.3 Å². The summed E-state index contributed by atoms with van der Waals surface area (Å²) in [6, 6.07) is 20.2. The van der Waals surface area contributed by atoms with Crippen LogP contribution in [-0.4, -0.2) is 63.3 Å². The van der Waals surface area contributed by atoms with E-state index in [-0.39, 0.29) is 5.91 Å². The molecule has 4 aromatic rings. The van der Waals surface area contributed by atoms with E-state index in [4.69, 9.17) is 9.84 Å². The number of nitrogens with zero attached hydrogens (tertiary/aromatic N) is 5. The summed E-state index contributed by atoms with van der Waals surface area (Å²) in [5.41, 5.74) is 5.63. The Hall–Kier alpha value is -3.97. The lowest BCUT2D eigenvalue weighted by Gasteiger charge is -2.34. The zero-order valence-corrected chi connectivity index (χ0v) is 19.5. The van der Waals surface area contributed by atoms with E-state index >= 15 is 0 Å². The van der Waals surface area contributed by atoms with Crippen LogP contribution in [0.5, 0.6) is 5.75 Å². The van der Waals surface area contributed by atoms with Crippen LogP contribution >= 0.6 is 0 Å². The summed E-state index contributed by atoms with van der Waals surface area (Å²) in [7, 11) is 0. The average molecular weight is 466 g/mol. The highest BCUT2D eigenvalue weighted by Gasteiger charge is 2.27. The van der Waals surface area contributed by atoms with Crippen LogP contribution < -0.4 is 4.74 Å². The predicted molar refractivity (Wildman–Crippen MR) is 134 cm³/mol. The van der Waals surface area contributed by atoms with Crippen LogP contribution in [0.3, 0.4) is 0 Å². The first kappa shape index (κ1) is 21.6. The van der Waals surface area contributed by atoms with E-state index in [9.17, 15) is 4.79 Å². The number of para-hydroxylation sites is 1. The largest absolute Gasteiger partial charge is 0.493 e. The van der Waals surface area contributed by atoms with Crippen molar-refractivity contribution in [2.24, 2.45) is 0 Å². The van der Waals surface area contributed by atoms with Crippen LogP contribution in [0.4, 0.5) is 0 Å². The molecule has 7 heteroatoms. The van der Waals surface area contributed by atoms with Crippen molar-refractivity contribution in [2.75, 3.05) is 32.8 Å². The number of aromatic nitrogens is 3. The SMILES string of the molecule is O=C(c1cn(-c2ccccc2)nc1-c1cccnc1)N1CCN(Cc2ccc3c(c2)CCO3)CC1. The van der Waals surface area contributed by atoms with Gasteiger partial charge >= 0.3 is 0 Å². The van der Waals surface area contributed by atoms with Gasteiger partial charge in [-0.2, -0.15) is 5.10 Å². The van der Waals surface area contributed by atoms with Gasteiger partial charge in [-0.3, -0.25) is 14.7 Å². The topological polar surface area (TPSA) is 63.5 Å². The van der Waals surface area contributed by atoms with Gasteiger partial charge in [0.05, 0.1) is 17.9 Å². The van der Waals surface area contributed by atoms with Gasteiger partial charge in [-0.05, 0) is 41.5 Å². The maximum Gasteiger partial charge on any atom is 0.257 e. The number of hydrogen-bond donors (Lipinski definition) is 0. The van der Waals surface area contributed by atoms with Crippen molar-refractivity contribution in [3.8, 4) is 22.7 Å². The van der Waals surface area contributed by atoms with Gasteiger partial charge in [0.15, 0.2) is 0 Å². The maximum absolute atomic E-state index is 13.7. The summed E-state index contributed by atoms with van der Waals surface area (Å²) in [5, 5.41) is 4.77. The zero-order valence-electron chi connectivity index (χ0n) is 19.5. The Bertz CT molecular complexity index is 1330. The summed E-state index contributed by atoms with van der Waals surface area (Å²) in [6.07, 6.45) is 6.32. The molecule has 0 unspecified atom stereocenters. The summed E-state index contributed by atoms with van der Waals surface area (Å²) < 4.78 is 7.41. The number of piperazine rings is 1. The number of hydrogen-bond acceptors (Lipinski definition) is 5. The van der Waals surface area contributed by atoms with Gasteiger partial charge in [-0.15, -0.1) is 0 Å². The van der Waals surface area contributed by atoms with Crippen molar-refractivity contribution >= 4 is 5.91 Å². The van der Waals surface area contributed by atoms with E-state index in [2.05, 4.69) is 28.1 Å². The van der Waals surface area contributed by atoms with Gasteiger partial charge in [0.1, 0.15) is 11.4 Å². The second-order valence-corrected chi connectivity index (χ2v) is 9.02. The molecule has 2 aliphatic rings. The highest BCUT2D eigenvalue weighted by atomic mass is 16.5. The molecule has 0 saturated carbocycles. The second-order valence-electron chi connectivity index (χ2n) is 9.02. The van der Waals surface area contributed by atoms with Gasteiger partial charge in [0, 0.05) is 63.3 Å². The number of fused-ring (bicyclic) bond motifs is 1. The number of carbonyl (C=O) groups excluding carboxylic acids is 1. The van der Waals surface area contributed by atoms with Crippen molar-refractivity contribution in [3.05, 3.63) is 95.9 Å². The molecule has 1 amide bonds. The first-order valence-corrected chi connectivity index (χ1v) is 12.1. The summed E-state index contributed by atoms with van der Waals surface area (Å²) in [6.45, 7) is 4.73. The Balaban J connectivity index is 1.19. The lowest BCUT2D eigenvalue weighted by atomic mass is 10.1. The monoisotopic (exact) mass is 465 g/mol. The maximum atomic E-state index is 13.7. The highest BCUT2D eigenvalue weighted by Crippen LogP contribution is 2.27. The molecule has 0 spiro atoms. The minimum atomic E-state index is 0.0142. The fourth-order valence-corrected chi connectivity index (χ4v) is 4.84. The molecule has 176 valence electrons. The van der Waals surface area contributed by atoms with Crippen LogP contribution in [0.2, 0.25) is 0 Å². The number of ether oxygens (including phenoxy) is 1. The molecule has 4 heterocycles. The molecule has 6 rings (SSSR count). The quantitative estimate of drug-likeness (QED) is 0.448. The Morgan fingerprint density at radius 1 is 0.971 bits per heavy atom. The fourth-order valence-electron chi connectivity index (χ4n) is 4.84. The summed E-state index contributed by atoms with van der Waals surface area (Å²) in [4.78, 5) is 22.2. The van der Waals surface area contributed by atoms with E-state index in [1.807, 2.05) is 53.6 Å². The van der Waals surface area contributed by atoms with Crippen LogP contribution in [0.25, 0.3) is 16.9 Å². The van der Waals surface area contributed by atoms with Gasteiger partial charge in [0.25, 0.3) is 5.91 Å². The summed E-state index contributed by atoms with van der Waals surface area (Å²) >= 11 is 0. The van der Waals surface area contributed by atoms with Gasteiger partial charge in [-0.1, -0.05) is 30.3 Å². The Labute approximate surface area is 204 Å². The number of pyridine rings is 1. The van der Waals surface area contributed by atoms with Gasteiger partial charge < -0.3 is 9.64 Å². The molecule has 2 aromatic heterocycles. The smallest absolute Gasteiger partial charge is 0.257 e. The van der Waals surface area contributed by atoms with Crippen LogP contribution in [-0.2, 0) is 13.0 Å². The van der Waals surface area contributed by atoms with Crippen molar-refractivity contribution < 1.29 is 9.53 Å². The van der Waals surface area contributed by atoms with Crippen molar-refractivity contribution in [1.29, 1.82) is 0 Å². The van der Waals surface area contributed by atoms with E-state index in [0.717, 1.165) is 49.7 Å². The summed E-state index contributed by atoms with van der Waals surface area (Å²) in [5.74, 6) is 1.03. The Morgan fingerprint density at radius 3 is 2.63 bits per heavy atom. The molecular weight excluding hydrogens is 438 g/mol. The first-order valence-electron chi connectivity index (χ1n) is 12.1. The van der Waals surface area contributed by atoms with Crippen molar-refractivity contribution in [2.45, 2.75) is 13.0 Å². The van der Waals surface area contributed by atoms with Crippen LogP contribution in [0.15, 0.2) is 79.3 Å². The lowest BCUT2D eigenvalue weighted by Crippen LogP contribution is -2.48. The van der Waals surface area contributed by atoms with Gasteiger partial charge in [0.2, 0.25) is 0 Å². The molecule has 35 heavy (non-hydrogen) atoms. The second kappa shape index (κ2) is 9.35. The zero-order chi connectivity index (χ0) is 23.6. The molecule has 1 fully saturated rings. The van der Waals surface area contributed by atoms with Crippen molar-refractivity contribution in [1.82, 2.24) is 24.6 Å². The molecule has 7 nitrogen and oxygen atoms in total.